The number of thioether (sulfide) groups is 1. The number of anilines is 1. The summed E-state index contributed by atoms with van der Waals surface area (Å²) in [5.74, 6) is 0.249. The second kappa shape index (κ2) is 9.05. The molecular formula is C16H19ClN2O3S3. The van der Waals surface area contributed by atoms with Gasteiger partial charge in [0.1, 0.15) is 10.3 Å². The third-order valence-electron chi connectivity index (χ3n) is 3.51. The zero-order chi connectivity index (χ0) is 18.4. The minimum absolute atomic E-state index is 0.188. The summed E-state index contributed by atoms with van der Waals surface area (Å²) in [7, 11) is -3.73. The van der Waals surface area contributed by atoms with Gasteiger partial charge in [-0.2, -0.15) is 16.5 Å². The van der Waals surface area contributed by atoms with Crippen molar-refractivity contribution in [1.82, 2.24) is 4.72 Å². The van der Waals surface area contributed by atoms with Crippen molar-refractivity contribution in [2.24, 2.45) is 0 Å². The van der Waals surface area contributed by atoms with E-state index in [0.29, 0.717) is 22.9 Å². The van der Waals surface area contributed by atoms with E-state index in [1.54, 1.807) is 48.3 Å². The summed E-state index contributed by atoms with van der Waals surface area (Å²) < 4.78 is 27.6. The van der Waals surface area contributed by atoms with Crippen LogP contribution in [0.15, 0.2) is 39.9 Å². The topological polar surface area (TPSA) is 75.3 Å². The maximum absolute atomic E-state index is 12.6. The number of halogens is 1. The maximum atomic E-state index is 12.6. The zero-order valence-corrected chi connectivity index (χ0v) is 17.0. The van der Waals surface area contributed by atoms with Crippen molar-refractivity contribution in [3.8, 4) is 0 Å². The van der Waals surface area contributed by atoms with Crippen molar-refractivity contribution in [3.63, 3.8) is 0 Å². The highest BCUT2D eigenvalue weighted by molar-refractivity contribution is 7.98. The standard InChI is InChI=1S/C16H19ClN2O3S3/c1-11-12(17)5-3-6-13(11)18-16(20)14(8-10-23-2)19-25(21,22)15-7-4-9-24-15/h3-7,9,14,19H,8,10H2,1-2H3,(H,18,20)/t14-/m1/s1. The van der Waals surface area contributed by atoms with Gasteiger partial charge < -0.3 is 5.32 Å². The quantitative estimate of drug-likeness (QED) is 0.684. The Bertz CT molecular complexity index is 823. The summed E-state index contributed by atoms with van der Waals surface area (Å²) in [5.41, 5.74) is 1.31. The molecule has 0 bridgehead atoms. The Morgan fingerprint density at radius 2 is 2.08 bits per heavy atom. The van der Waals surface area contributed by atoms with Crippen molar-refractivity contribution in [2.75, 3.05) is 17.3 Å². The number of benzene rings is 1. The Hall–Kier alpha value is -1.06. The van der Waals surface area contributed by atoms with Gasteiger partial charge in [0.05, 0.1) is 0 Å². The first-order valence-corrected chi connectivity index (χ1v) is 11.6. The first-order chi connectivity index (χ1) is 11.8. The summed E-state index contributed by atoms with van der Waals surface area (Å²) >= 11 is 8.73. The molecule has 136 valence electrons. The van der Waals surface area contributed by atoms with Gasteiger partial charge in [-0.05, 0) is 54.5 Å². The van der Waals surface area contributed by atoms with Crippen molar-refractivity contribution in [3.05, 3.63) is 46.3 Å². The molecule has 0 unspecified atom stereocenters. The van der Waals surface area contributed by atoms with Crippen LogP contribution in [0.2, 0.25) is 5.02 Å². The predicted octanol–water partition coefficient (Wildman–Crippen LogP) is 3.75. The van der Waals surface area contributed by atoms with E-state index in [1.807, 2.05) is 6.26 Å². The Balaban J connectivity index is 2.18. The van der Waals surface area contributed by atoms with Crippen LogP contribution in [-0.4, -0.2) is 32.4 Å². The lowest BCUT2D eigenvalue weighted by atomic mass is 10.1. The molecule has 0 radical (unpaired) electrons. The van der Waals surface area contributed by atoms with Gasteiger partial charge in [0.15, 0.2) is 0 Å². The van der Waals surface area contributed by atoms with E-state index >= 15 is 0 Å². The Morgan fingerprint density at radius 1 is 1.32 bits per heavy atom. The number of hydrogen-bond acceptors (Lipinski definition) is 5. The minimum atomic E-state index is -3.73. The van der Waals surface area contributed by atoms with E-state index in [0.717, 1.165) is 16.9 Å². The molecule has 0 spiro atoms. The largest absolute Gasteiger partial charge is 0.324 e. The van der Waals surface area contributed by atoms with Crippen LogP contribution in [0.4, 0.5) is 5.69 Å². The van der Waals surface area contributed by atoms with Gasteiger partial charge in [-0.15, -0.1) is 11.3 Å². The number of nitrogens with one attached hydrogen (secondary N) is 2. The van der Waals surface area contributed by atoms with Crippen LogP contribution in [0.3, 0.4) is 0 Å². The van der Waals surface area contributed by atoms with E-state index in [2.05, 4.69) is 10.0 Å². The van der Waals surface area contributed by atoms with E-state index in [4.69, 9.17) is 11.6 Å². The van der Waals surface area contributed by atoms with Gasteiger partial charge in [0.25, 0.3) is 10.0 Å². The molecule has 25 heavy (non-hydrogen) atoms. The fourth-order valence-corrected chi connectivity index (χ4v) is 4.99. The van der Waals surface area contributed by atoms with Crippen LogP contribution in [0, 0.1) is 6.92 Å². The molecule has 0 saturated heterocycles. The van der Waals surface area contributed by atoms with Crippen molar-refractivity contribution >= 4 is 56.3 Å². The first-order valence-electron chi connectivity index (χ1n) is 7.46. The monoisotopic (exact) mass is 418 g/mol. The van der Waals surface area contributed by atoms with Crippen LogP contribution in [0.1, 0.15) is 12.0 Å². The van der Waals surface area contributed by atoms with E-state index in [1.165, 1.54) is 6.07 Å². The van der Waals surface area contributed by atoms with Gasteiger partial charge >= 0.3 is 0 Å². The normalized spacial score (nSPS) is 12.8. The van der Waals surface area contributed by atoms with Crippen LogP contribution in [0.25, 0.3) is 0 Å². The molecule has 1 atom stereocenters. The number of rotatable bonds is 8. The molecule has 2 N–H and O–H groups in total. The highest BCUT2D eigenvalue weighted by Gasteiger charge is 2.26. The predicted molar refractivity (Wildman–Crippen MR) is 106 cm³/mol. The van der Waals surface area contributed by atoms with Gasteiger partial charge in [0.2, 0.25) is 5.91 Å². The molecule has 1 aromatic carbocycles. The average Bonchev–Trinajstić information content (AvgIpc) is 3.11. The Labute approximate surface area is 161 Å². The van der Waals surface area contributed by atoms with Gasteiger partial charge in [0, 0.05) is 10.7 Å². The molecule has 0 aliphatic rings. The second-order valence-electron chi connectivity index (χ2n) is 5.29. The lowest BCUT2D eigenvalue weighted by molar-refractivity contribution is -0.117. The van der Waals surface area contributed by atoms with Crippen LogP contribution in [0.5, 0.6) is 0 Å². The Morgan fingerprint density at radius 3 is 2.72 bits per heavy atom. The first kappa shape index (κ1) is 20.3. The number of carbonyl (C=O) groups excluding carboxylic acids is 1. The molecule has 1 amide bonds. The summed E-state index contributed by atoms with van der Waals surface area (Å²) in [6.07, 6.45) is 2.29. The summed E-state index contributed by atoms with van der Waals surface area (Å²) in [6, 6.07) is 7.51. The van der Waals surface area contributed by atoms with Crippen LogP contribution in [-0.2, 0) is 14.8 Å². The molecule has 0 fully saturated rings. The van der Waals surface area contributed by atoms with Crippen LogP contribution >= 0.6 is 34.7 Å². The minimum Gasteiger partial charge on any atom is -0.324 e. The summed E-state index contributed by atoms with van der Waals surface area (Å²) in [5, 5.41) is 4.99. The van der Waals surface area contributed by atoms with Gasteiger partial charge in [-0.3, -0.25) is 4.79 Å². The number of hydrogen-bond donors (Lipinski definition) is 2. The highest BCUT2D eigenvalue weighted by Crippen LogP contribution is 2.23. The van der Waals surface area contributed by atoms with Gasteiger partial charge in [-0.1, -0.05) is 23.7 Å². The summed E-state index contributed by atoms with van der Waals surface area (Å²) in [4.78, 5) is 12.6. The molecule has 0 aliphatic heterocycles. The van der Waals surface area contributed by atoms with Crippen molar-refractivity contribution < 1.29 is 13.2 Å². The molecule has 5 nitrogen and oxygen atoms in total. The van der Waals surface area contributed by atoms with Crippen molar-refractivity contribution in [1.29, 1.82) is 0 Å². The SMILES string of the molecule is CSCC[C@@H](NS(=O)(=O)c1cccs1)C(=O)Nc1cccc(Cl)c1C. The molecule has 0 saturated carbocycles. The molecule has 0 aliphatic carbocycles. The number of sulfonamides is 1. The Kier molecular flexibility index (Phi) is 7.33. The molecule has 2 rings (SSSR count). The average molecular weight is 419 g/mol. The molecule has 1 aromatic heterocycles. The lowest BCUT2D eigenvalue weighted by Crippen LogP contribution is -2.44. The molecule has 9 heteroatoms. The third-order valence-corrected chi connectivity index (χ3v) is 7.43. The number of amides is 1. The van der Waals surface area contributed by atoms with E-state index in [9.17, 15) is 13.2 Å². The second-order valence-corrected chi connectivity index (χ2v) is 9.57. The van der Waals surface area contributed by atoms with Crippen molar-refractivity contribution in [2.45, 2.75) is 23.6 Å². The van der Waals surface area contributed by atoms with Gasteiger partial charge in [-0.25, -0.2) is 8.42 Å². The number of thiophene rings is 1. The molecule has 2 aromatic rings. The lowest BCUT2D eigenvalue weighted by Gasteiger charge is -2.18. The smallest absolute Gasteiger partial charge is 0.250 e. The van der Waals surface area contributed by atoms with Crippen LogP contribution < -0.4 is 10.0 Å². The maximum Gasteiger partial charge on any atom is 0.250 e. The third kappa shape index (κ3) is 5.46. The summed E-state index contributed by atoms with van der Waals surface area (Å²) in [6.45, 7) is 1.80. The molecule has 1 heterocycles. The zero-order valence-electron chi connectivity index (χ0n) is 13.8. The fraction of sp³-hybridized carbons (Fsp3) is 0.312. The fourth-order valence-electron chi connectivity index (χ4n) is 2.10. The highest BCUT2D eigenvalue weighted by atomic mass is 35.5. The molecular weight excluding hydrogens is 400 g/mol. The van der Waals surface area contributed by atoms with E-state index < -0.39 is 22.0 Å². The number of carbonyl (C=O) groups is 1. The van der Waals surface area contributed by atoms with E-state index in [-0.39, 0.29) is 4.21 Å².